The number of anilines is 1. The molecule has 0 bridgehead atoms. The molecule has 8 nitrogen and oxygen atoms in total. The number of aromatic nitrogens is 2. The first-order valence-electron chi connectivity index (χ1n) is 5.24. The van der Waals surface area contributed by atoms with Crippen molar-refractivity contribution in [2.75, 3.05) is 19.0 Å². The Hall–Kier alpha value is -2.38. The Labute approximate surface area is 103 Å². The van der Waals surface area contributed by atoms with Crippen LogP contribution in [0, 0.1) is 0 Å². The zero-order chi connectivity index (χ0) is 13.4. The lowest BCUT2D eigenvalue weighted by Gasteiger charge is -2.08. The van der Waals surface area contributed by atoms with Crippen LogP contribution < -0.4 is 15.4 Å². The van der Waals surface area contributed by atoms with Crippen LogP contribution in [0.4, 0.5) is 10.6 Å². The molecule has 0 unspecified atom stereocenters. The van der Waals surface area contributed by atoms with Crippen molar-refractivity contribution in [3.8, 4) is 5.75 Å². The molecule has 3 N–H and O–H groups in total. The first kappa shape index (κ1) is 13.7. The summed E-state index contributed by atoms with van der Waals surface area (Å²) in [4.78, 5) is 29.3. The summed E-state index contributed by atoms with van der Waals surface area (Å²) in [5.41, 5.74) is 0. The smallest absolute Gasteiger partial charge is 0.320 e. The molecule has 0 radical (unpaired) electrons. The number of nitrogens with zero attached hydrogens (tertiary/aromatic N) is 2. The zero-order valence-electron chi connectivity index (χ0n) is 9.84. The highest BCUT2D eigenvalue weighted by Gasteiger charge is 2.08. The summed E-state index contributed by atoms with van der Waals surface area (Å²) in [5.74, 6) is -0.295. The summed E-state index contributed by atoms with van der Waals surface area (Å²) in [7, 11) is 1.44. The second-order valence-corrected chi connectivity index (χ2v) is 3.32. The van der Waals surface area contributed by atoms with E-state index in [0.29, 0.717) is 12.2 Å². The maximum absolute atomic E-state index is 11.4. The number of urea groups is 1. The molecule has 0 fully saturated rings. The number of aliphatic carboxylic acids is 1. The fraction of sp³-hybridized carbons (Fsp3) is 0.400. The first-order chi connectivity index (χ1) is 8.63. The van der Waals surface area contributed by atoms with E-state index < -0.39 is 12.0 Å². The van der Waals surface area contributed by atoms with E-state index in [1.165, 1.54) is 19.6 Å². The van der Waals surface area contributed by atoms with Crippen LogP contribution in [0.3, 0.4) is 0 Å². The van der Waals surface area contributed by atoms with E-state index in [9.17, 15) is 9.59 Å². The monoisotopic (exact) mass is 254 g/mol. The quantitative estimate of drug-likeness (QED) is 0.636. The number of carboxylic acids is 1. The SMILES string of the molecule is COc1cncnc1NC(=O)NCCCC(=O)O. The maximum Gasteiger partial charge on any atom is 0.320 e. The summed E-state index contributed by atoms with van der Waals surface area (Å²) in [5, 5.41) is 13.4. The van der Waals surface area contributed by atoms with Crippen LogP contribution in [0.2, 0.25) is 0 Å². The molecule has 0 aliphatic heterocycles. The molecule has 0 aliphatic carbocycles. The lowest BCUT2D eigenvalue weighted by atomic mass is 10.3. The number of carbonyl (C=O) groups is 2. The Morgan fingerprint density at radius 1 is 1.50 bits per heavy atom. The largest absolute Gasteiger partial charge is 0.491 e. The van der Waals surface area contributed by atoms with Crippen molar-refractivity contribution in [2.45, 2.75) is 12.8 Å². The number of rotatable bonds is 6. The van der Waals surface area contributed by atoms with E-state index in [1.54, 1.807) is 0 Å². The Morgan fingerprint density at radius 2 is 2.28 bits per heavy atom. The minimum absolute atomic E-state index is 0.0110. The molecule has 0 atom stereocenters. The highest BCUT2D eigenvalue weighted by molar-refractivity contribution is 5.89. The number of ether oxygens (including phenoxy) is 1. The van der Waals surface area contributed by atoms with Crippen LogP contribution >= 0.6 is 0 Å². The molecule has 0 spiro atoms. The molecule has 1 aromatic rings. The number of nitrogens with one attached hydrogen (secondary N) is 2. The predicted octanol–water partition coefficient (Wildman–Crippen LogP) is 0.471. The average Bonchev–Trinajstić information content (AvgIpc) is 2.35. The third kappa shape index (κ3) is 4.64. The average molecular weight is 254 g/mol. The van der Waals surface area contributed by atoms with Gasteiger partial charge in [0.05, 0.1) is 13.3 Å². The van der Waals surface area contributed by atoms with Crippen LogP contribution in [-0.2, 0) is 4.79 Å². The molecule has 1 aromatic heterocycles. The van der Waals surface area contributed by atoms with Crippen molar-refractivity contribution in [1.82, 2.24) is 15.3 Å². The van der Waals surface area contributed by atoms with Gasteiger partial charge in [0.1, 0.15) is 6.33 Å². The van der Waals surface area contributed by atoms with Crippen molar-refractivity contribution in [2.24, 2.45) is 0 Å². The lowest BCUT2D eigenvalue weighted by molar-refractivity contribution is -0.137. The van der Waals surface area contributed by atoms with E-state index in [4.69, 9.17) is 9.84 Å². The van der Waals surface area contributed by atoms with Gasteiger partial charge in [0.15, 0.2) is 11.6 Å². The van der Waals surface area contributed by atoms with Gasteiger partial charge < -0.3 is 15.2 Å². The molecular weight excluding hydrogens is 240 g/mol. The molecule has 0 saturated carbocycles. The molecule has 98 valence electrons. The van der Waals surface area contributed by atoms with Gasteiger partial charge in [0.25, 0.3) is 0 Å². The van der Waals surface area contributed by atoms with Gasteiger partial charge in [0, 0.05) is 13.0 Å². The second kappa shape index (κ2) is 7.05. The molecule has 1 heterocycles. The standard InChI is InChI=1S/C10H14N4O4/c1-18-7-5-11-6-13-9(7)14-10(17)12-4-2-3-8(15)16/h5-6H,2-4H2,1H3,(H,15,16)(H2,11,12,13,14,17). The topological polar surface area (TPSA) is 113 Å². The van der Waals surface area contributed by atoms with Gasteiger partial charge in [-0.1, -0.05) is 0 Å². The van der Waals surface area contributed by atoms with E-state index >= 15 is 0 Å². The third-order valence-electron chi connectivity index (χ3n) is 1.98. The van der Waals surface area contributed by atoms with Gasteiger partial charge in [-0.2, -0.15) is 0 Å². The summed E-state index contributed by atoms with van der Waals surface area (Å²) in [6.07, 6.45) is 3.08. The third-order valence-corrected chi connectivity index (χ3v) is 1.98. The van der Waals surface area contributed by atoms with E-state index in [-0.39, 0.29) is 18.8 Å². The predicted molar refractivity (Wildman–Crippen MR) is 62.5 cm³/mol. The Kier molecular flexibility index (Phi) is 5.36. The van der Waals surface area contributed by atoms with Gasteiger partial charge in [-0.25, -0.2) is 14.8 Å². The summed E-state index contributed by atoms with van der Waals surface area (Å²) in [6.45, 7) is 0.269. The number of hydrogen-bond donors (Lipinski definition) is 3. The van der Waals surface area contributed by atoms with Crippen LogP contribution in [0.25, 0.3) is 0 Å². The molecule has 0 saturated heterocycles. The Morgan fingerprint density at radius 3 is 2.94 bits per heavy atom. The lowest BCUT2D eigenvalue weighted by Crippen LogP contribution is -2.30. The first-order valence-corrected chi connectivity index (χ1v) is 5.24. The van der Waals surface area contributed by atoms with Crippen molar-refractivity contribution in [3.05, 3.63) is 12.5 Å². The fourth-order valence-electron chi connectivity index (χ4n) is 1.15. The van der Waals surface area contributed by atoms with E-state index in [2.05, 4.69) is 20.6 Å². The van der Waals surface area contributed by atoms with Gasteiger partial charge in [-0.3, -0.25) is 10.1 Å². The molecule has 18 heavy (non-hydrogen) atoms. The summed E-state index contributed by atoms with van der Waals surface area (Å²) >= 11 is 0. The van der Waals surface area contributed by atoms with Crippen LogP contribution in [0.15, 0.2) is 12.5 Å². The molecule has 0 aliphatic rings. The minimum Gasteiger partial charge on any atom is -0.491 e. The number of methoxy groups -OCH3 is 1. The van der Waals surface area contributed by atoms with Crippen molar-refractivity contribution in [1.29, 1.82) is 0 Å². The van der Waals surface area contributed by atoms with Gasteiger partial charge in [-0.05, 0) is 6.42 Å². The highest BCUT2D eigenvalue weighted by Crippen LogP contribution is 2.18. The number of carboxylic acid groups (broad SMARTS) is 1. The molecule has 2 amide bonds. The molecular formula is C10H14N4O4. The van der Waals surface area contributed by atoms with Crippen LogP contribution in [0.5, 0.6) is 5.75 Å². The number of carbonyl (C=O) groups excluding carboxylic acids is 1. The van der Waals surface area contributed by atoms with Crippen LogP contribution in [-0.4, -0.2) is 40.7 Å². The second-order valence-electron chi connectivity index (χ2n) is 3.32. The summed E-state index contributed by atoms with van der Waals surface area (Å²) in [6, 6.07) is -0.475. The van der Waals surface area contributed by atoms with Crippen molar-refractivity contribution >= 4 is 17.8 Å². The fourth-order valence-corrected chi connectivity index (χ4v) is 1.15. The van der Waals surface area contributed by atoms with Gasteiger partial charge >= 0.3 is 12.0 Å². The number of amides is 2. The summed E-state index contributed by atoms with van der Waals surface area (Å²) < 4.78 is 4.96. The van der Waals surface area contributed by atoms with Gasteiger partial charge in [-0.15, -0.1) is 0 Å². The minimum atomic E-state index is -0.894. The maximum atomic E-state index is 11.4. The Bertz CT molecular complexity index is 424. The highest BCUT2D eigenvalue weighted by atomic mass is 16.5. The molecule has 1 rings (SSSR count). The van der Waals surface area contributed by atoms with Crippen LogP contribution in [0.1, 0.15) is 12.8 Å². The van der Waals surface area contributed by atoms with Gasteiger partial charge in [0.2, 0.25) is 0 Å². The molecule has 8 heteroatoms. The van der Waals surface area contributed by atoms with E-state index in [0.717, 1.165) is 0 Å². The zero-order valence-corrected chi connectivity index (χ0v) is 9.84. The van der Waals surface area contributed by atoms with E-state index in [1.807, 2.05) is 0 Å². The Balaban J connectivity index is 2.37. The van der Waals surface area contributed by atoms with Crippen molar-refractivity contribution in [3.63, 3.8) is 0 Å². The molecule has 0 aromatic carbocycles. The number of hydrogen-bond acceptors (Lipinski definition) is 5. The normalized spacial score (nSPS) is 9.61. The van der Waals surface area contributed by atoms with Crippen molar-refractivity contribution < 1.29 is 19.4 Å².